The van der Waals surface area contributed by atoms with E-state index >= 15 is 0 Å². The molecule has 4 aromatic rings. The normalized spacial score (nSPS) is 11.0. The van der Waals surface area contributed by atoms with Gasteiger partial charge in [-0.25, -0.2) is 9.37 Å². The summed E-state index contributed by atoms with van der Waals surface area (Å²) < 4.78 is 16.1. The number of carbonyl (C=O) groups excluding carboxylic acids is 1. The number of hydrogen-bond donors (Lipinski definition) is 1. The lowest BCUT2D eigenvalue weighted by Gasteiger charge is -2.13. The summed E-state index contributed by atoms with van der Waals surface area (Å²) >= 11 is 2.36. The van der Waals surface area contributed by atoms with E-state index in [9.17, 15) is 14.0 Å². The fourth-order valence-corrected chi connectivity index (χ4v) is 4.60. The first-order chi connectivity index (χ1) is 14.6. The van der Waals surface area contributed by atoms with Gasteiger partial charge in [0.2, 0.25) is 5.91 Å². The second-order valence-electron chi connectivity index (χ2n) is 6.51. The number of aryl methyl sites for hydroxylation is 1. The highest BCUT2D eigenvalue weighted by Crippen LogP contribution is 2.25. The molecule has 0 aliphatic heterocycles. The predicted octanol–water partition coefficient (Wildman–Crippen LogP) is 4.88. The van der Waals surface area contributed by atoms with Gasteiger partial charge in [-0.2, -0.15) is 0 Å². The van der Waals surface area contributed by atoms with E-state index < -0.39 is 5.82 Å². The van der Waals surface area contributed by atoms with Crippen molar-refractivity contribution in [3.8, 4) is 5.69 Å². The number of benzene rings is 2. The van der Waals surface area contributed by atoms with Crippen LogP contribution in [0.15, 0.2) is 69.9 Å². The van der Waals surface area contributed by atoms with Crippen molar-refractivity contribution in [3.63, 3.8) is 0 Å². The van der Waals surface area contributed by atoms with Gasteiger partial charge in [0.05, 0.1) is 17.0 Å². The van der Waals surface area contributed by atoms with Gasteiger partial charge in [0.15, 0.2) is 5.16 Å². The number of para-hydroxylation sites is 1. The van der Waals surface area contributed by atoms with Crippen molar-refractivity contribution in [2.75, 3.05) is 11.1 Å². The summed E-state index contributed by atoms with van der Waals surface area (Å²) in [4.78, 5) is 30.0. The van der Waals surface area contributed by atoms with Crippen molar-refractivity contribution in [2.45, 2.75) is 18.5 Å². The lowest BCUT2D eigenvalue weighted by Crippen LogP contribution is -2.23. The number of thiophene rings is 1. The van der Waals surface area contributed by atoms with E-state index in [0.29, 0.717) is 15.9 Å². The average Bonchev–Trinajstić information content (AvgIpc) is 3.22. The van der Waals surface area contributed by atoms with E-state index in [1.54, 1.807) is 23.6 Å². The van der Waals surface area contributed by atoms with Crippen LogP contribution in [0.4, 0.5) is 10.1 Å². The summed E-state index contributed by atoms with van der Waals surface area (Å²) in [5.41, 5.74) is 2.14. The van der Waals surface area contributed by atoms with Gasteiger partial charge in [-0.05, 0) is 47.7 Å². The number of anilines is 1. The number of amides is 1. The van der Waals surface area contributed by atoms with E-state index in [0.717, 1.165) is 23.7 Å². The van der Waals surface area contributed by atoms with Crippen molar-refractivity contribution in [2.24, 2.45) is 0 Å². The summed E-state index contributed by atoms with van der Waals surface area (Å²) in [6, 6.07) is 15.4. The van der Waals surface area contributed by atoms with Gasteiger partial charge in [0, 0.05) is 5.69 Å². The quantitative estimate of drug-likeness (QED) is 0.344. The summed E-state index contributed by atoms with van der Waals surface area (Å²) in [6.07, 6.45) is 0.873. The summed E-state index contributed by atoms with van der Waals surface area (Å²) in [6.45, 7) is 2.05. The Bertz CT molecular complexity index is 1280. The fraction of sp³-hybridized carbons (Fsp3) is 0.136. The molecule has 152 valence electrons. The molecule has 2 aromatic carbocycles. The zero-order valence-corrected chi connectivity index (χ0v) is 17.7. The van der Waals surface area contributed by atoms with E-state index in [2.05, 4.69) is 10.3 Å². The van der Waals surface area contributed by atoms with Crippen molar-refractivity contribution in [3.05, 3.63) is 81.7 Å². The molecule has 0 aliphatic rings. The summed E-state index contributed by atoms with van der Waals surface area (Å²) in [5.74, 6) is -0.722. The molecule has 0 spiro atoms. The number of nitrogens with zero attached hydrogens (tertiary/aromatic N) is 2. The first-order valence-electron chi connectivity index (χ1n) is 9.33. The van der Waals surface area contributed by atoms with Gasteiger partial charge in [0.25, 0.3) is 5.56 Å². The first-order valence-corrected chi connectivity index (χ1v) is 11.2. The van der Waals surface area contributed by atoms with E-state index in [1.165, 1.54) is 28.0 Å². The molecular weight excluding hydrogens is 421 g/mol. The first kappa shape index (κ1) is 20.3. The van der Waals surface area contributed by atoms with Crippen molar-refractivity contribution < 1.29 is 9.18 Å². The molecule has 0 radical (unpaired) electrons. The van der Waals surface area contributed by atoms with Crippen LogP contribution < -0.4 is 10.9 Å². The molecule has 0 saturated carbocycles. The molecule has 8 heteroatoms. The summed E-state index contributed by atoms with van der Waals surface area (Å²) in [5, 5.41) is 4.90. The Morgan fingerprint density at radius 2 is 2.03 bits per heavy atom. The fourth-order valence-electron chi connectivity index (χ4n) is 3.03. The van der Waals surface area contributed by atoms with Crippen LogP contribution in [0.25, 0.3) is 15.9 Å². The monoisotopic (exact) mass is 439 g/mol. The number of thioether (sulfide) groups is 1. The maximum absolute atomic E-state index is 14.4. The number of rotatable bonds is 6. The molecule has 1 N–H and O–H groups in total. The molecule has 0 fully saturated rings. The molecule has 0 bridgehead atoms. The Kier molecular flexibility index (Phi) is 5.96. The van der Waals surface area contributed by atoms with Gasteiger partial charge in [-0.1, -0.05) is 43.0 Å². The number of hydrogen-bond acceptors (Lipinski definition) is 5. The highest BCUT2D eigenvalue weighted by Gasteiger charge is 2.17. The number of halogens is 1. The standard InChI is InChI=1S/C22H18FN3O2S2/c1-2-14-6-5-7-15(12-14)24-19(27)13-30-22-25-17-10-11-29-20(17)21(28)26(22)18-9-4-3-8-16(18)23/h3-12H,2,13H2,1H3,(H,24,27). The molecule has 5 nitrogen and oxygen atoms in total. The third kappa shape index (κ3) is 4.15. The topological polar surface area (TPSA) is 64.0 Å². The van der Waals surface area contributed by atoms with Crippen LogP contribution in [-0.4, -0.2) is 21.2 Å². The number of fused-ring (bicyclic) bond motifs is 1. The minimum absolute atomic E-state index is 0.0346. The average molecular weight is 440 g/mol. The zero-order valence-electron chi connectivity index (χ0n) is 16.1. The van der Waals surface area contributed by atoms with E-state index in [1.807, 2.05) is 31.2 Å². The lowest BCUT2D eigenvalue weighted by molar-refractivity contribution is -0.113. The van der Waals surface area contributed by atoms with Gasteiger partial charge in [-0.3, -0.25) is 14.2 Å². The van der Waals surface area contributed by atoms with Crippen LogP contribution in [0.3, 0.4) is 0 Å². The van der Waals surface area contributed by atoms with E-state index in [4.69, 9.17) is 0 Å². The molecule has 4 rings (SSSR count). The highest BCUT2D eigenvalue weighted by molar-refractivity contribution is 7.99. The highest BCUT2D eigenvalue weighted by atomic mass is 32.2. The molecule has 0 atom stereocenters. The lowest BCUT2D eigenvalue weighted by atomic mass is 10.1. The molecule has 2 aromatic heterocycles. The Morgan fingerprint density at radius 3 is 2.83 bits per heavy atom. The smallest absolute Gasteiger partial charge is 0.276 e. The van der Waals surface area contributed by atoms with Gasteiger partial charge < -0.3 is 5.32 Å². The Hall–Kier alpha value is -2.97. The van der Waals surface area contributed by atoms with Crippen LogP contribution in [0.2, 0.25) is 0 Å². The molecule has 30 heavy (non-hydrogen) atoms. The number of carbonyl (C=O) groups is 1. The SMILES string of the molecule is CCc1cccc(NC(=O)CSc2nc3ccsc3c(=O)n2-c2ccccc2F)c1. The number of nitrogens with one attached hydrogen (secondary N) is 1. The molecule has 0 aliphatic carbocycles. The number of aromatic nitrogens is 2. The second-order valence-corrected chi connectivity index (χ2v) is 8.37. The van der Waals surface area contributed by atoms with Crippen molar-refractivity contribution >= 4 is 44.9 Å². The molecule has 1 amide bonds. The van der Waals surface area contributed by atoms with Crippen LogP contribution >= 0.6 is 23.1 Å². The Balaban J connectivity index is 1.63. The van der Waals surface area contributed by atoms with Crippen LogP contribution in [0, 0.1) is 5.82 Å². The second kappa shape index (κ2) is 8.81. The van der Waals surface area contributed by atoms with Gasteiger partial charge in [0.1, 0.15) is 10.5 Å². The van der Waals surface area contributed by atoms with Crippen LogP contribution in [0.5, 0.6) is 0 Å². The predicted molar refractivity (Wildman–Crippen MR) is 120 cm³/mol. The molecule has 2 heterocycles. The van der Waals surface area contributed by atoms with E-state index in [-0.39, 0.29) is 28.1 Å². The maximum atomic E-state index is 14.4. The molecule has 0 unspecified atom stereocenters. The van der Waals surface area contributed by atoms with Crippen LogP contribution in [0.1, 0.15) is 12.5 Å². The Labute approximate surface area is 180 Å². The van der Waals surface area contributed by atoms with Gasteiger partial charge in [-0.15, -0.1) is 11.3 Å². The van der Waals surface area contributed by atoms with Crippen LogP contribution in [-0.2, 0) is 11.2 Å². The maximum Gasteiger partial charge on any atom is 0.276 e. The van der Waals surface area contributed by atoms with Crippen molar-refractivity contribution in [1.82, 2.24) is 9.55 Å². The minimum atomic E-state index is -0.528. The minimum Gasteiger partial charge on any atom is -0.325 e. The van der Waals surface area contributed by atoms with Gasteiger partial charge >= 0.3 is 0 Å². The molecule has 0 saturated heterocycles. The summed E-state index contributed by atoms with van der Waals surface area (Å²) in [7, 11) is 0. The largest absolute Gasteiger partial charge is 0.325 e. The van der Waals surface area contributed by atoms with Crippen molar-refractivity contribution in [1.29, 1.82) is 0 Å². The molecular formula is C22H18FN3O2S2. The zero-order chi connectivity index (χ0) is 21.1. The third-order valence-corrected chi connectivity index (χ3v) is 6.32. The Morgan fingerprint density at radius 1 is 1.20 bits per heavy atom. The third-order valence-electron chi connectivity index (χ3n) is 4.49.